The molecule has 1 aliphatic carbocycles. The third-order valence-corrected chi connectivity index (χ3v) is 3.92. The zero-order chi connectivity index (χ0) is 13.8. The molecule has 0 spiro atoms. The van der Waals surface area contributed by atoms with E-state index in [1.165, 1.54) is 18.4 Å². The number of rotatable bonds is 7. The van der Waals surface area contributed by atoms with E-state index in [-0.39, 0.29) is 0 Å². The summed E-state index contributed by atoms with van der Waals surface area (Å²) in [5.74, 6) is 1.05. The molecule has 1 heterocycles. The molecule has 0 bridgehead atoms. The molecule has 1 unspecified atom stereocenters. The van der Waals surface area contributed by atoms with Crippen LogP contribution in [0.5, 0.6) is 0 Å². The van der Waals surface area contributed by atoms with E-state index >= 15 is 0 Å². The Labute approximate surface area is 120 Å². The summed E-state index contributed by atoms with van der Waals surface area (Å²) in [6.45, 7) is 1.85. The van der Waals surface area contributed by atoms with Gasteiger partial charge in [0.25, 0.3) is 0 Å². The van der Waals surface area contributed by atoms with Crippen molar-refractivity contribution in [3.63, 3.8) is 0 Å². The molecule has 20 heavy (non-hydrogen) atoms. The van der Waals surface area contributed by atoms with Gasteiger partial charge in [-0.3, -0.25) is 4.90 Å². The Hall–Kier alpha value is -1.58. The van der Waals surface area contributed by atoms with Crippen LogP contribution in [0.1, 0.15) is 30.2 Å². The molecule has 2 aromatic rings. The summed E-state index contributed by atoms with van der Waals surface area (Å²) in [5.41, 5.74) is 1.38. The second-order valence-electron chi connectivity index (χ2n) is 5.47. The van der Waals surface area contributed by atoms with E-state index in [2.05, 4.69) is 46.6 Å². The van der Waals surface area contributed by atoms with Gasteiger partial charge in [-0.1, -0.05) is 30.3 Å². The summed E-state index contributed by atoms with van der Waals surface area (Å²) in [6, 6.07) is 15.9. The van der Waals surface area contributed by atoms with Gasteiger partial charge in [-0.15, -0.1) is 0 Å². The minimum absolute atomic E-state index is 0.402. The van der Waals surface area contributed by atoms with Gasteiger partial charge in [0, 0.05) is 18.6 Å². The predicted molar refractivity (Wildman–Crippen MR) is 80.4 cm³/mol. The Bertz CT molecular complexity index is 505. The van der Waals surface area contributed by atoms with Gasteiger partial charge in [-0.25, -0.2) is 0 Å². The second-order valence-corrected chi connectivity index (χ2v) is 5.47. The van der Waals surface area contributed by atoms with Gasteiger partial charge in [-0.05, 0) is 37.6 Å². The summed E-state index contributed by atoms with van der Waals surface area (Å²) >= 11 is 0. The molecule has 3 rings (SSSR count). The molecule has 1 atom stereocenters. The second kappa shape index (κ2) is 6.25. The first-order valence-electron chi connectivity index (χ1n) is 7.36. The number of nitrogens with one attached hydrogen (secondary N) is 1. The molecule has 3 nitrogen and oxygen atoms in total. The molecular weight excluding hydrogens is 248 g/mol. The van der Waals surface area contributed by atoms with Crippen LogP contribution in [0.4, 0.5) is 0 Å². The molecular formula is C17H22N2O. The normalized spacial score (nSPS) is 16.5. The molecule has 0 saturated heterocycles. The van der Waals surface area contributed by atoms with Crippen molar-refractivity contribution < 1.29 is 4.42 Å². The zero-order valence-electron chi connectivity index (χ0n) is 12.0. The fourth-order valence-corrected chi connectivity index (χ4v) is 2.78. The lowest BCUT2D eigenvalue weighted by atomic mass is 10.0. The molecule has 0 radical (unpaired) electrons. The maximum absolute atomic E-state index is 5.54. The number of benzene rings is 1. The van der Waals surface area contributed by atoms with E-state index in [0.717, 1.165) is 18.8 Å². The standard InChI is InChI=1S/C17H22N2O/c1-18-12-17(14-6-3-2-4-7-14)19(15-9-10-15)13-16-8-5-11-20-16/h2-8,11,15,17-18H,9-10,12-13H2,1H3. The average molecular weight is 270 g/mol. The molecule has 1 N–H and O–H groups in total. The Morgan fingerprint density at radius 3 is 2.60 bits per heavy atom. The van der Waals surface area contributed by atoms with E-state index in [1.54, 1.807) is 6.26 Å². The number of hydrogen-bond acceptors (Lipinski definition) is 3. The maximum Gasteiger partial charge on any atom is 0.117 e. The van der Waals surface area contributed by atoms with E-state index in [0.29, 0.717) is 12.1 Å². The highest BCUT2D eigenvalue weighted by atomic mass is 16.3. The molecule has 1 aromatic carbocycles. The smallest absolute Gasteiger partial charge is 0.117 e. The van der Waals surface area contributed by atoms with Crippen molar-refractivity contribution in [1.29, 1.82) is 0 Å². The average Bonchev–Trinajstić information content (AvgIpc) is 3.21. The molecule has 106 valence electrons. The summed E-state index contributed by atoms with van der Waals surface area (Å²) in [4.78, 5) is 2.57. The van der Waals surface area contributed by atoms with Crippen molar-refractivity contribution in [2.45, 2.75) is 31.5 Å². The van der Waals surface area contributed by atoms with E-state index in [4.69, 9.17) is 4.42 Å². The van der Waals surface area contributed by atoms with Crippen LogP contribution in [0.3, 0.4) is 0 Å². The van der Waals surface area contributed by atoms with E-state index in [1.807, 2.05) is 13.1 Å². The highest BCUT2D eigenvalue weighted by Crippen LogP contribution is 2.35. The lowest BCUT2D eigenvalue weighted by Gasteiger charge is -2.31. The first-order chi connectivity index (χ1) is 9.88. The van der Waals surface area contributed by atoms with Gasteiger partial charge in [-0.2, -0.15) is 0 Å². The number of furan rings is 1. The van der Waals surface area contributed by atoms with Crippen LogP contribution in [-0.2, 0) is 6.54 Å². The minimum atomic E-state index is 0.402. The van der Waals surface area contributed by atoms with Crippen LogP contribution >= 0.6 is 0 Å². The fraction of sp³-hybridized carbons (Fsp3) is 0.412. The highest BCUT2D eigenvalue weighted by Gasteiger charge is 2.34. The SMILES string of the molecule is CNCC(c1ccccc1)N(Cc1ccco1)C1CC1. The first kappa shape index (κ1) is 13.4. The molecule has 1 aliphatic rings. The van der Waals surface area contributed by atoms with Crippen molar-refractivity contribution in [3.05, 3.63) is 60.1 Å². The van der Waals surface area contributed by atoms with Crippen LogP contribution in [-0.4, -0.2) is 24.5 Å². The summed E-state index contributed by atoms with van der Waals surface area (Å²) < 4.78 is 5.54. The molecule has 0 amide bonds. The van der Waals surface area contributed by atoms with Gasteiger partial charge >= 0.3 is 0 Å². The minimum Gasteiger partial charge on any atom is -0.468 e. The lowest BCUT2D eigenvalue weighted by molar-refractivity contribution is 0.162. The van der Waals surface area contributed by atoms with E-state index in [9.17, 15) is 0 Å². The van der Waals surface area contributed by atoms with Gasteiger partial charge in [0.05, 0.1) is 12.8 Å². The molecule has 1 aromatic heterocycles. The molecule has 0 aliphatic heterocycles. The Kier molecular flexibility index (Phi) is 4.19. The summed E-state index contributed by atoms with van der Waals surface area (Å²) in [7, 11) is 2.02. The Morgan fingerprint density at radius 1 is 1.20 bits per heavy atom. The first-order valence-corrected chi connectivity index (χ1v) is 7.36. The quantitative estimate of drug-likeness (QED) is 0.837. The predicted octanol–water partition coefficient (Wildman–Crippen LogP) is 3.20. The van der Waals surface area contributed by atoms with Gasteiger partial charge < -0.3 is 9.73 Å². The van der Waals surface area contributed by atoms with E-state index < -0.39 is 0 Å². The Morgan fingerprint density at radius 2 is 2.00 bits per heavy atom. The maximum atomic E-state index is 5.54. The number of nitrogens with zero attached hydrogens (tertiary/aromatic N) is 1. The van der Waals surface area contributed by atoms with Crippen molar-refractivity contribution in [2.75, 3.05) is 13.6 Å². The summed E-state index contributed by atoms with van der Waals surface area (Å²) in [6.07, 6.45) is 4.36. The third-order valence-electron chi connectivity index (χ3n) is 3.92. The molecule has 1 saturated carbocycles. The lowest BCUT2D eigenvalue weighted by Crippen LogP contribution is -2.36. The fourth-order valence-electron chi connectivity index (χ4n) is 2.78. The largest absolute Gasteiger partial charge is 0.468 e. The van der Waals surface area contributed by atoms with Crippen LogP contribution in [0.25, 0.3) is 0 Å². The van der Waals surface area contributed by atoms with Crippen LogP contribution in [0, 0.1) is 0 Å². The third kappa shape index (κ3) is 3.11. The summed E-state index contributed by atoms with van der Waals surface area (Å²) in [5, 5.41) is 3.34. The van der Waals surface area contributed by atoms with Crippen molar-refractivity contribution in [1.82, 2.24) is 10.2 Å². The van der Waals surface area contributed by atoms with Crippen LogP contribution in [0.15, 0.2) is 53.1 Å². The Balaban J connectivity index is 1.82. The van der Waals surface area contributed by atoms with Crippen molar-refractivity contribution in [2.24, 2.45) is 0 Å². The van der Waals surface area contributed by atoms with Crippen molar-refractivity contribution in [3.8, 4) is 0 Å². The van der Waals surface area contributed by atoms with Gasteiger partial charge in [0.15, 0.2) is 0 Å². The van der Waals surface area contributed by atoms with Crippen LogP contribution < -0.4 is 5.32 Å². The zero-order valence-corrected chi connectivity index (χ0v) is 12.0. The number of likely N-dealkylation sites (N-methyl/N-ethyl adjacent to an activating group) is 1. The van der Waals surface area contributed by atoms with Crippen molar-refractivity contribution >= 4 is 0 Å². The number of hydrogen-bond donors (Lipinski definition) is 1. The van der Waals surface area contributed by atoms with Gasteiger partial charge in [0.1, 0.15) is 5.76 Å². The van der Waals surface area contributed by atoms with Crippen LogP contribution in [0.2, 0.25) is 0 Å². The highest BCUT2D eigenvalue weighted by molar-refractivity contribution is 5.20. The van der Waals surface area contributed by atoms with Gasteiger partial charge in [0.2, 0.25) is 0 Å². The topological polar surface area (TPSA) is 28.4 Å². The molecule has 3 heteroatoms. The monoisotopic (exact) mass is 270 g/mol. The molecule has 1 fully saturated rings.